The molecule has 0 aliphatic heterocycles. The number of halogens is 2. The summed E-state index contributed by atoms with van der Waals surface area (Å²) in [5, 5.41) is 4.77. The summed E-state index contributed by atoms with van der Waals surface area (Å²) in [5.74, 6) is -0.841. The van der Waals surface area contributed by atoms with Crippen molar-refractivity contribution >= 4 is 17.2 Å². The average Bonchev–Trinajstić information content (AvgIpc) is 3.13. The fourth-order valence-electron chi connectivity index (χ4n) is 2.34. The van der Waals surface area contributed by atoms with Crippen molar-refractivity contribution in [3.05, 3.63) is 88.1 Å². The molecule has 0 fully saturated rings. The Bertz CT molecular complexity index is 835. The van der Waals surface area contributed by atoms with Crippen LogP contribution in [-0.4, -0.2) is 12.5 Å². The van der Waals surface area contributed by atoms with Crippen LogP contribution in [0, 0.1) is 11.6 Å². The normalized spacial score (nSPS) is 11.8. The van der Waals surface area contributed by atoms with Gasteiger partial charge in [0.15, 0.2) is 6.61 Å². The van der Waals surface area contributed by atoms with Gasteiger partial charge in [-0.25, -0.2) is 8.78 Å². The molecule has 128 valence electrons. The molecule has 1 amide bonds. The molecule has 1 atom stereocenters. The van der Waals surface area contributed by atoms with Crippen molar-refractivity contribution in [3.8, 4) is 5.75 Å². The second kappa shape index (κ2) is 7.90. The van der Waals surface area contributed by atoms with E-state index >= 15 is 0 Å². The highest BCUT2D eigenvalue weighted by atomic mass is 32.1. The zero-order chi connectivity index (χ0) is 17.6. The van der Waals surface area contributed by atoms with Crippen molar-refractivity contribution in [2.24, 2.45) is 0 Å². The Balaban J connectivity index is 1.69. The molecule has 0 radical (unpaired) electrons. The van der Waals surface area contributed by atoms with E-state index in [1.54, 1.807) is 18.2 Å². The number of rotatable bonds is 6. The van der Waals surface area contributed by atoms with Gasteiger partial charge in [-0.1, -0.05) is 24.3 Å². The van der Waals surface area contributed by atoms with Gasteiger partial charge in [-0.15, -0.1) is 11.3 Å². The molecular formula is C19H15F2NO2S. The highest BCUT2D eigenvalue weighted by molar-refractivity contribution is 7.10. The highest BCUT2D eigenvalue weighted by Gasteiger charge is 2.18. The van der Waals surface area contributed by atoms with Crippen LogP contribution in [0.3, 0.4) is 0 Å². The Morgan fingerprint density at radius 3 is 2.52 bits per heavy atom. The quantitative estimate of drug-likeness (QED) is 0.712. The van der Waals surface area contributed by atoms with Gasteiger partial charge in [-0.2, -0.15) is 0 Å². The van der Waals surface area contributed by atoms with E-state index < -0.39 is 11.9 Å². The van der Waals surface area contributed by atoms with Gasteiger partial charge in [0.1, 0.15) is 17.4 Å². The molecule has 3 rings (SSSR count). The summed E-state index contributed by atoms with van der Waals surface area (Å²) in [6.45, 7) is -0.244. The van der Waals surface area contributed by atoms with Gasteiger partial charge in [-0.3, -0.25) is 4.79 Å². The molecule has 3 nitrogen and oxygen atoms in total. The molecule has 0 aliphatic rings. The third-order valence-electron chi connectivity index (χ3n) is 3.50. The van der Waals surface area contributed by atoms with E-state index in [9.17, 15) is 13.6 Å². The van der Waals surface area contributed by atoms with Gasteiger partial charge in [0.05, 0.1) is 6.04 Å². The maximum Gasteiger partial charge on any atom is 0.258 e. The van der Waals surface area contributed by atoms with Crippen LogP contribution in [0.1, 0.15) is 16.5 Å². The number of thiophene rings is 1. The van der Waals surface area contributed by atoms with E-state index in [1.165, 1.54) is 41.7 Å². The number of carbonyl (C=O) groups excluding carboxylic acids is 1. The second-order valence-electron chi connectivity index (χ2n) is 5.31. The van der Waals surface area contributed by atoms with Crippen LogP contribution in [0.5, 0.6) is 5.75 Å². The van der Waals surface area contributed by atoms with Crippen molar-refractivity contribution in [2.45, 2.75) is 6.04 Å². The summed E-state index contributed by atoms with van der Waals surface area (Å²) in [7, 11) is 0. The van der Waals surface area contributed by atoms with Gasteiger partial charge < -0.3 is 10.1 Å². The van der Waals surface area contributed by atoms with Crippen molar-refractivity contribution < 1.29 is 18.3 Å². The zero-order valence-corrected chi connectivity index (χ0v) is 13.9. The second-order valence-corrected chi connectivity index (χ2v) is 6.29. The van der Waals surface area contributed by atoms with Crippen LogP contribution in [0.4, 0.5) is 8.78 Å². The number of hydrogen-bond donors (Lipinski definition) is 1. The molecule has 1 N–H and O–H groups in total. The van der Waals surface area contributed by atoms with E-state index in [4.69, 9.17) is 4.74 Å². The third kappa shape index (κ3) is 4.64. The van der Waals surface area contributed by atoms with E-state index in [0.717, 1.165) is 10.4 Å². The number of amides is 1. The van der Waals surface area contributed by atoms with Crippen molar-refractivity contribution in [3.63, 3.8) is 0 Å². The Morgan fingerprint density at radius 1 is 1.04 bits per heavy atom. The molecule has 0 aliphatic carbocycles. The first-order chi connectivity index (χ1) is 12.1. The smallest absolute Gasteiger partial charge is 0.258 e. The lowest BCUT2D eigenvalue weighted by atomic mass is 10.1. The van der Waals surface area contributed by atoms with Gasteiger partial charge in [0.25, 0.3) is 5.91 Å². The standard InChI is InChI=1S/C19H15F2NO2S/c20-14-8-6-13(7-9-14)19(17-5-2-10-25-17)22-18(23)12-24-16-4-1-3-15(21)11-16/h1-11,19H,12H2,(H,22,23)/t19-/m1/s1. The van der Waals surface area contributed by atoms with Crippen molar-refractivity contribution in [2.75, 3.05) is 6.61 Å². The van der Waals surface area contributed by atoms with Crippen LogP contribution >= 0.6 is 11.3 Å². The number of nitrogens with one attached hydrogen (secondary N) is 1. The lowest BCUT2D eigenvalue weighted by Gasteiger charge is -2.18. The highest BCUT2D eigenvalue weighted by Crippen LogP contribution is 2.26. The number of hydrogen-bond acceptors (Lipinski definition) is 3. The number of carbonyl (C=O) groups is 1. The minimum absolute atomic E-state index is 0.244. The molecule has 3 aromatic rings. The predicted molar refractivity (Wildman–Crippen MR) is 92.6 cm³/mol. The first-order valence-electron chi connectivity index (χ1n) is 7.58. The summed E-state index contributed by atoms with van der Waals surface area (Å²) < 4.78 is 31.6. The molecular weight excluding hydrogens is 344 g/mol. The maximum atomic E-state index is 13.2. The largest absolute Gasteiger partial charge is 0.484 e. The molecule has 25 heavy (non-hydrogen) atoms. The van der Waals surface area contributed by atoms with Crippen LogP contribution < -0.4 is 10.1 Å². The van der Waals surface area contributed by atoms with E-state index in [1.807, 2.05) is 17.5 Å². The Labute approximate surface area is 147 Å². The third-order valence-corrected chi connectivity index (χ3v) is 4.44. The molecule has 0 saturated heterocycles. The van der Waals surface area contributed by atoms with E-state index in [0.29, 0.717) is 0 Å². The van der Waals surface area contributed by atoms with Gasteiger partial charge >= 0.3 is 0 Å². The first-order valence-corrected chi connectivity index (χ1v) is 8.46. The summed E-state index contributed by atoms with van der Waals surface area (Å²) in [6.07, 6.45) is 0. The van der Waals surface area contributed by atoms with Gasteiger partial charge in [0, 0.05) is 10.9 Å². The zero-order valence-electron chi connectivity index (χ0n) is 13.1. The predicted octanol–water partition coefficient (Wildman–Crippen LogP) is 4.31. The number of ether oxygens (including phenoxy) is 1. The summed E-state index contributed by atoms with van der Waals surface area (Å²) >= 11 is 1.49. The Morgan fingerprint density at radius 2 is 1.84 bits per heavy atom. The van der Waals surface area contributed by atoms with Crippen molar-refractivity contribution in [1.82, 2.24) is 5.32 Å². The Kier molecular flexibility index (Phi) is 5.40. The van der Waals surface area contributed by atoms with Gasteiger partial charge in [-0.05, 0) is 41.3 Å². The molecule has 0 saturated carbocycles. The summed E-state index contributed by atoms with van der Waals surface area (Å²) in [6, 6.07) is 14.9. The van der Waals surface area contributed by atoms with Crippen molar-refractivity contribution in [1.29, 1.82) is 0 Å². The average molecular weight is 359 g/mol. The fourth-order valence-corrected chi connectivity index (χ4v) is 3.14. The van der Waals surface area contributed by atoms with Gasteiger partial charge in [0.2, 0.25) is 0 Å². The lowest BCUT2D eigenvalue weighted by Crippen LogP contribution is -2.32. The van der Waals surface area contributed by atoms with Crippen LogP contribution in [0.2, 0.25) is 0 Å². The monoisotopic (exact) mass is 359 g/mol. The van der Waals surface area contributed by atoms with Crippen LogP contribution in [0.25, 0.3) is 0 Å². The molecule has 0 spiro atoms. The Hall–Kier alpha value is -2.73. The minimum atomic E-state index is -0.430. The molecule has 2 aromatic carbocycles. The molecule has 0 unspecified atom stereocenters. The van der Waals surface area contributed by atoms with Crippen LogP contribution in [-0.2, 0) is 4.79 Å². The number of benzene rings is 2. The summed E-state index contributed by atoms with van der Waals surface area (Å²) in [4.78, 5) is 13.2. The lowest BCUT2D eigenvalue weighted by molar-refractivity contribution is -0.123. The van der Waals surface area contributed by atoms with E-state index in [-0.39, 0.29) is 24.1 Å². The van der Waals surface area contributed by atoms with E-state index in [2.05, 4.69) is 5.32 Å². The fraction of sp³-hybridized carbons (Fsp3) is 0.105. The topological polar surface area (TPSA) is 38.3 Å². The molecule has 1 aromatic heterocycles. The molecule has 6 heteroatoms. The molecule has 1 heterocycles. The van der Waals surface area contributed by atoms with Crippen LogP contribution in [0.15, 0.2) is 66.0 Å². The first kappa shape index (κ1) is 17.1. The SMILES string of the molecule is O=C(COc1cccc(F)c1)N[C@H](c1ccc(F)cc1)c1cccs1. The summed E-state index contributed by atoms with van der Waals surface area (Å²) in [5.41, 5.74) is 0.767. The maximum absolute atomic E-state index is 13.2. The molecule has 0 bridgehead atoms. The minimum Gasteiger partial charge on any atom is -0.484 e.